The van der Waals surface area contributed by atoms with E-state index in [9.17, 15) is 4.79 Å². The Labute approximate surface area is 179 Å². The summed E-state index contributed by atoms with van der Waals surface area (Å²) in [4.78, 5) is 20.9. The van der Waals surface area contributed by atoms with Crippen LogP contribution in [0, 0.1) is 0 Å². The van der Waals surface area contributed by atoms with E-state index in [0.717, 1.165) is 48.5 Å². The summed E-state index contributed by atoms with van der Waals surface area (Å²) in [6, 6.07) is 6.49. The van der Waals surface area contributed by atoms with Gasteiger partial charge in [0.15, 0.2) is 18.1 Å². The summed E-state index contributed by atoms with van der Waals surface area (Å²) in [5.41, 5.74) is 1.63. The number of benzene rings is 1. The van der Waals surface area contributed by atoms with Crippen LogP contribution in [0.25, 0.3) is 0 Å². The molecule has 30 heavy (non-hydrogen) atoms. The molecule has 1 aliphatic heterocycles. The molecular formula is C24H34N2O4. The number of fused-ring (bicyclic) bond motifs is 1. The summed E-state index contributed by atoms with van der Waals surface area (Å²) in [7, 11) is 0. The van der Waals surface area contributed by atoms with Gasteiger partial charge < -0.3 is 19.2 Å². The van der Waals surface area contributed by atoms with Crippen molar-refractivity contribution >= 4 is 11.6 Å². The maximum absolute atomic E-state index is 13.1. The lowest BCUT2D eigenvalue weighted by atomic mass is 9.88. The van der Waals surface area contributed by atoms with Crippen LogP contribution in [0.4, 0.5) is 0 Å². The second-order valence-corrected chi connectivity index (χ2v) is 8.69. The van der Waals surface area contributed by atoms with Crippen molar-refractivity contribution in [2.45, 2.75) is 83.2 Å². The molecule has 0 bridgehead atoms. The zero-order valence-electron chi connectivity index (χ0n) is 18.1. The van der Waals surface area contributed by atoms with Gasteiger partial charge in [0.2, 0.25) is 0 Å². The molecule has 2 saturated carbocycles. The summed E-state index contributed by atoms with van der Waals surface area (Å²) in [6.45, 7) is 3.02. The fraction of sp³-hybridized carbons (Fsp3) is 0.667. The zero-order valence-corrected chi connectivity index (χ0v) is 18.1. The van der Waals surface area contributed by atoms with E-state index < -0.39 is 0 Å². The SMILES string of the molecule is CC(=NOCC(=O)N(C1CCCCC1)C1CCCCC1)c1ccc2c(c1)OCCO2. The average molecular weight is 415 g/mol. The number of hydrogen-bond donors (Lipinski definition) is 0. The third kappa shape index (κ3) is 5.08. The minimum atomic E-state index is 0.00882. The Morgan fingerprint density at radius 3 is 2.20 bits per heavy atom. The topological polar surface area (TPSA) is 60.4 Å². The Morgan fingerprint density at radius 2 is 1.57 bits per heavy atom. The number of amides is 1. The first-order valence-electron chi connectivity index (χ1n) is 11.6. The van der Waals surface area contributed by atoms with Gasteiger partial charge in [-0.3, -0.25) is 4.79 Å². The molecule has 1 amide bonds. The molecule has 2 fully saturated rings. The van der Waals surface area contributed by atoms with Crippen molar-refractivity contribution in [1.82, 2.24) is 4.90 Å². The van der Waals surface area contributed by atoms with Crippen LogP contribution in [0.1, 0.15) is 76.7 Å². The molecule has 1 aromatic rings. The average Bonchev–Trinajstić information content (AvgIpc) is 2.80. The van der Waals surface area contributed by atoms with Gasteiger partial charge in [0, 0.05) is 17.6 Å². The van der Waals surface area contributed by atoms with E-state index in [1.54, 1.807) is 0 Å². The summed E-state index contributed by atoms with van der Waals surface area (Å²) >= 11 is 0. The van der Waals surface area contributed by atoms with Gasteiger partial charge in [-0.25, -0.2) is 0 Å². The van der Waals surface area contributed by atoms with E-state index in [2.05, 4.69) is 10.1 Å². The first-order chi connectivity index (χ1) is 14.7. The van der Waals surface area contributed by atoms with Crippen molar-refractivity contribution in [3.63, 3.8) is 0 Å². The van der Waals surface area contributed by atoms with E-state index in [4.69, 9.17) is 14.3 Å². The summed E-state index contributed by atoms with van der Waals surface area (Å²) in [6.07, 6.45) is 12.0. The van der Waals surface area contributed by atoms with Crippen LogP contribution in [-0.2, 0) is 9.63 Å². The lowest BCUT2D eigenvalue weighted by Crippen LogP contribution is -2.50. The molecule has 4 rings (SSSR count). The number of hydrogen-bond acceptors (Lipinski definition) is 5. The fourth-order valence-electron chi connectivity index (χ4n) is 5.00. The van der Waals surface area contributed by atoms with Gasteiger partial charge >= 0.3 is 0 Å². The predicted molar refractivity (Wildman–Crippen MR) is 116 cm³/mol. The summed E-state index contributed by atoms with van der Waals surface area (Å²) < 4.78 is 11.2. The number of carbonyl (C=O) groups is 1. The highest BCUT2D eigenvalue weighted by molar-refractivity contribution is 5.99. The van der Waals surface area contributed by atoms with E-state index in [1.807, 2.05) is 25.1 Å². The molecule has 6 nitrogen and oxygen atoms in total. The third-order valence-electron chi connectivity index (χ3n) is 6.57. The standard InChI is InChI=1S/C24H34N2O4/c1-18(19-12-13-22-23(16-19)29-15-14-28-22)25-30-17-24(27)26(20-8-4-2-5-9-20)21-10-6-3-7-11-21/h12-13,16,20-21H,2-11,14-15,17H2,1H3. The van der Waals surface area contributed by atoms with Gasteiger partial charge in [-0.2, -0.15) is 0 Å². The maximum Gasteiger partial charge on any atom is 0.263 e. The van der Waals surface area contributed by atoms with Gasteiger partial charge in [0.1, 0.15) is 13.2 Å². The molecule has 3 aliphatic rings. The fourth-order valence-corrected chi connectivity index (χ4v) is 5.00. The van der Waals surface area contributed by atoms with Crippen molar-refractivity contribution in [3.05, 3.63) is 23.8 Å². The number of nitrogens with zero attached hydrogens (tertiary/aromatic N) is 2. The highest BCUT2D eigenvalue weighted by atomic mass is 16.6. The third-order valence-corrected chi connectivity index (χ3v) is 6.57. The predicted octanol–water partition coefficient (Wildman–Crippen LogP) is 4.69. The Morgan fingerprint density at radius 1 is 0.967 bits per heavy atom. The van der Waals surface area contributed by atoms with Crippen LogP contribution in [-0.4, -0.2) is 48.4 Å². The molecule has 164 valence electrons. The van der Waals surface area contributed by atoms with E-state index >= 15 is 0 Å². The van der Waals surface area contributed by atoms with Crippen molar-refractivity contribution < 1.29 is 19.1 Å². The van der Waals surface area contributed by atoms with E-state index in [0.29, 0.717) is 25.3 Å². The molecule has 0 unspecified atom stereocenters. The molecule has 1 heterocycles. The molecule has 2 aliphatic carbocycles. The smallest absolute Gasteiger partial charge is 0.263 e. The molecule has 0 aromatic heterocycles. The number of oxime groups is 1. The first kappa shape index (κ1) is 21.0. The van der Waals surface area contributed by atoms with E-state index in [-0.39, 0.29) is 12.5 Å². The molecule has 0 spiro atoms. The number of ether oxygens (including phenoxy) is 2. The van der Waals surface area contributed by atoms with Crippen molar-refractivity contribution in [2.75, 3.05) is 19.8 Å². The largest absolute Gasteiger partial charge is 0.486 e. The normalized spacial score (nSPS) is 20.6. The second kappa shape index (κ2) is 10.2. The van der Waals surface area contributed by atoms with Gasteiger partial charge in [-0.1, -0.05) is 43.7 Å². The van der Waals surface area contributed by atoms with Crippen LogP contribution in [0.2, 0.25) is 0 Å². The summed E-state index contributed by atoms with van der Waals surface area (Å²) in [5, 5.41) is 4.23. The van der Waals surface area contributed by atoms with Gasteiger partial charge in [0.25, 0.3) is 5.91 Å². The minimum Gasteiger partial charge on any atom is -0.486 e. The highest BCUT2D eigenvalue weighted by Gasteiger charge is 2.32. The molecule has 6 heteroatoms. The van der Waals surface area contributed by atoms with Gasteiger partial charge in [-0.15, -0.1) is 0 Å². The lowest BCUT2D eigenvalue weighted by molar-refractivity contribution is -0.143. The Hall–Kier alpha value is -2.24. The van der Waals surface area contributed by atoms with Crippen LogP contribution in [0.3, 0.4) is 0 Å². The first-order valence-corrected chi connectivity index (χ1v) is 11.6. The molecule has 0 saturated heterocycles. The van der Waals surface area contributed by atoms with Crippen LogP contribution >= 0.6 is 0 Å². The van der Waals surface area contributed by atoms with Gasteiger partial charge in [0.05, 0.1) is 5.71 Å². The molecule has 0 atom stereocenters. The molecule has 0 N–H and O–H groups in total. The van der Waals surface area contributed by atoms with Crippen molar-refractivity contribution in [3.8, 4) is 11.5 Å². The van der Waals surface area contributed by atoms with Gasteiger partial charge in [-0.05, 0) is 50.8 Å². The lowest BCUT2D eigenvalue weighted by Gasteiger charge is -2.41. The van der Waals surface area contributed by atoms with Crippen molar-refractivity contribution in [1.29, 1.82) is 0 Å². The van der Waals surface area contributed by atoms with Crippen LogP contribution in [0.5, 0.6) is 11.5 Å². The number of rotatable bonds is 6. The Balaban J connectivity index is 1.38. The van der Waals surface area contributed by atoms with Crippen LogP contribution < -0.4 is 9.47 Å². The van der Waals surface area contributed by atoms with Crippen molar-refractivity contribution in [2.24, 2.45) is 5.16 Å². The summed E-state index contributed by atoms with van der Waals surface area (Å²) in [5.74, 6) is 1.57. The monoisotopic (exact) mass is 414 g/mol. The number of carbonyl (C=O) groups excluding carboxylic acids is 1. The molecule has 0 radical (unpaired) electrons. The highest BCUT2D eigenvalue weighted by Crippen LogP contribution is 2.32. The van der Waals surface area contributed by atoms with E-state index in [1.165, 1.54) is 38.5 Å². The molecule has 1 aromatic carbocycles. The quantitative estimate of drug-likeness (QED) is 0.500. The Kier molecular flexibility index (Phi) is 7.13. The second-order valence-electron chi connectivity index (χ2n) is 8.69. The zero-order chi connectivity index (χ0) is 20.8. The minimum absolute atomic E-state index is 0.00882. The van der Waals surface area contributed by atoms with Crippen LogP contribution in [0.15, 0.2) is 23.4 Å². The Bertz CT molecular complexity index is 734. The maximum atomic E-state index is 13.1. The molecular weight excluding hydrogens is 380 g/mol.